The Bertz CT molecular complexity index is 198. The van der Waals surface area contributed by atoms with E-state index in [1.54, 1.807) is 0 Å². The van der Waals surface area contributed by atoms with E-state index in [-0.39, 0.29) is 5.97 Å². The summed E-state index contributed by atoms with van der Waals surface area (Å²) in [7, 11) is 1.40. The lowest BCUT2D eigenvalue weighted by atomic mass is 10.1. The zero-order valence-electron chi connectivity index (χ0n) is 7.55. The molecule has 12 heavy (non-hydrogen) atoms. The van der Waals surface area contributed by atoms with E-state index in [1.807, 2.05) is 6.92 Å². The van der Waals surface area contributed by atoms with Gasteiger partial charge >= 0.3 is 5.97 Å². The van der Waals surface area contributed by atoms with E-state index >= 15 is 0 Å². The maximum Gasteiger partial charge on any atom is 0.337 e. The normalized spacial score (nSPS) is 20.2. The second kappa shape index (κ2) is 4.14. The largest absolute Gasteiger partial charge is 0.497 e. The van der Waals surface area contributed by atoms with Crippen LogP contribution in [0.15, 0.2) is 11.3 Å². The van der Waals surface area contributed by atoms with Crippen LogP contribution >= 0.6 is 0 Å². The molecular weight excluding hydrogens is 156 g/mol. The molecule has 0 bridgehead atoms. The van der Waals surface area contributed by atoms with Crippen LogP contribution in [0.4, 0.5) is 0 Å². The molecule has 68 valence electrons. The smallest absolute Gasteiger partial charge is 0.337 e. The Labute approximate surface area is 72.4 Å². The van der Waals surface area contributed by atoms with Gasteiger partial charge in [-0.15, -0.1) is 0 Å². The second-order valence-corrected chi connectivity index (χ2v) is 2.70. The fraction of sp³-hybridized carbons (Fsp3) is 0.667. The number of allylic oxidation sites excluding steroid dienone is 1. The third-order valence-corrected chi connectivity index (χ3v) is 1.95. The summed E-state index contributed by atoms with van der Waals surface area (Å²) in [5.41, 5.74) is 0.690. The molecule has 1 aliphatic heterocycles. The molecule has 0 unspecified atom stereocenters. The van der Waals surface area contributed by atoms with Crippen LogP contribution in [0.25, 0.3) is 0 Å². The Hall–Kier alpha value is -0.990. The standard InChI is InChI=1S/C9H14O3/c1-3-7(9(10)11-2)8-5-4-6-12-8/h3-6H2,1-2H3. The minimum absolute atomic E-state index is 0.255. The van der Waals surface area contributed by atoms with Crippen LogP contribution in [-0.2, 0) is 14.3 Å². The summed E-state index contributed by atoms with van der Waals surface area (Å²) in [6.45, 7) is 2.66. The van der Waals surface area contributed by atoms with Crippen molar-refractivity contribution in [2.24, 2.45) is 0 Å². The van der Waals surface area contributed by atoms with Gasteiger partial charge in [0.1, 0.15) is 5.76 Å². The molecule has 3 nitrogen and oxygen atoms in total. The fourth-order valence-electron chi connectivity index (χ4n) is 1.32. The van der Waals surface area contributed by atoms with Crippen molar-refractivity contribution in [3.05, 3.63) is 11.3 Å². The van der Waals surface area contributed by atoms with Crippen molar-refractivity contribution in [2.75, 3.05) is 13.7 Å². The van der Waals surface area contributed by atoms with Gasteiger partial charge in [0.2, 0.25) is 0 Å². The summed E-state index contributed by atoms with van der Waals surface area (Å²) in [6.07, 6.45) is 2.57. The zero-order valence-corrected chi connectivity index (χ0v) is 7.55. The second-order valence-electron chi connectivity index (χ2n) is 2.70. The van der Waals surface area contributed by atoms with E-state index < -0.39 is 0 Å². The van der Waals surface area contributed by atoms with Crippen molar-refractivity contribution < 1.29 is 14.3 Å². The maximum absolute atomic E-state index is 11.2. The topological polar surface area (TPSA) is 35.5 Å². The van der Waals surface area contributed by atoms with E-state index in [0.29, 0.717) is 12.0 Å². The molecule has 3 heteroatoms. The molecule has 0 aromatic heterocycles. The molecule has 0 saturated carbocycles. The number of carbonyl (C=O) groups excluding carboxylic acids is 1. The molecule has 0 amide bonds. The molecule has 0 atom stereocenters. The van der Waals surface area contributed by atoms with Gasteiger partial charge in [-0.25, -0.2) is 4.79 Å². The van der Waals surface area contributed by atoms with Crippen LogP contribution in [-0.4, -0.2) is 19.7 Å². The first-order valence-corrected chi connectivity index (χ1v) is 4.22. The lowest BCUT2D eigenvalue weighted by Gasteiger charge is -2.05. The van der Waals surface area contributed by atoms with Crippen LogP contribution in [0.1, 0.15) is 26.2 Å². The van der Waals surface area contributed by atoms with E-state index in [4.69, 9.17) is 4.74 Å². The zero-order chi connectivity index (χ0) is 8.97. The van der Waals surface area contributed by atoms with Crippen LogP contribution in [0.5, 0.6) is 0 Å². The van der Waals surface area contributed by atoms with Crippen molar-refractivity contribution in [3.63, 3.8) is 0 Å². The number of ether oxygens (including phenoxy) is 2. The molecular formula is C9H14O3. The third-order valence-electron chi connectivity index (χ3n) is 1.95. The lowest BCUT2D eigenvalue weighted by Crippen LogP contribution is -2.06. The predicted molar refractivity (Wildman–Crippen MR) is 44.5 cm³/mol. The molecule has 0 aliphatic carbocycles. The van der Waals surface area contributed by atoms with Gasteiger partial charge in [0.15, 0.2) is 0 Å². The van der Waals surface area contributed by atoms with Crippen molar-refractivity contribution in [3.8, 4) is 0 Å². The number of esters is 1. The first kappa shape index (κ1) is 9.10. The van der Waals surface area contributed by atoms with Crippen molar-refractivity contribution in [1.82, 2.24) is 0 Å². The van der Waals surface area contributed by atoms with Crippen LogP contribution < -0.4 is 0 Å². The predicted octanol–water partition coefficient (Wildman–Crippen LogP) is 1.63. The summed E-state index contributed by atoms with van der Waals surface area (Å²) in [4.78, 5) is 11.2. The Balaban J connectivity index is 2.77. The number of hydrogen-bond acceptors (Lipinski definition) is 3. The molecule has 1 rings (SSSR count). The van der Waals surface area contributed by atoms with E-state index in [2.05, 4.69) is 4.74 Å². The van der Waals surface area contributed by atoms with Crippen molar-refractivity contribution in [1.29, 1.82) is 0 Å². The van der Waals surface area contributed by atoms with Crippen LogP contribution in [0, 0.1) is 0 Å². The lowest BCUT2D eigenvalue weighted by molar-refractivity contribution is -0.136. The Morgan fingerprint density at radius 1 is 1.67 bits per heavy atom. The van der Waals surface area contributed by atoms with Crippen LogP contribution in [0.2, 0.25) is 0 Å². The first-order chi connectivity index (χ1) is 5.79. The molecule has 0 aromatic rings. The molecule has 1 aliphatic rings. The summed E-state index contributed by atoms with van der Waals surface area (Å²) >= 11 is 0. The molecule has 0 spiro atoms. The average Bonchev–Trinajstić information content (AvgIpc) is 2.58. The Morgan fingerprint density at radius 3 is 2.83 bits per heavy atom. The van der Waals surface area contributed by atoms with Gasteiger partial charge in [0, 0.05) is 6.42 Å². The monoisotopic (exact) mass is 170 g/mol. The van der Waals surface area contributed by atoms with Gasteiger partial charge in [-0.1, -0.05) is 6.92 Å². The summed E-state index contributed by atoms with van der Waals surface area (Å²) in [5, 5.41) is 0. The van der Waals surface area contributed by atoms with Gasteiger partial charge < -0.3 is 9.47 Å². The molecule has 1 heterocycles. The maximum atomic E-state index is 11.2. The molecule has 0 radical (unpaired) electrons. The SMILES string of the molecule is CCC(C(=O)OC)=C1CCCO1. The van der Waals surface area contributed by atoms with Gasteiger partial charge in [0.05, 0.1) is 19.3 Å². The summed E-state index contributed by atoms with van der Waals surface area (Å²) < 4.78 is 9.95. The number of hydrogen-bond donors (Lipinski definition) is 0. The number of rotatable bonds is 2. The van der Waals surface area contributed by atoms with Crippen molar-refractivity contribution in [2.45, 2.75) is 26.2 Å². The average molecular weight is 170 g/mol. The highest BCUT2D eigenvalue weighted by molar-refractivity contribution is 5.88. The van der Waals surface area contributed by atoms with E-state index in [0.717, 1.165) is 25.2 Å². The fourth-order valence-corrected chi connectivity index (χ4v) is 1.32. The van der Waals surface area contributed by atoms with Gasteiger partial charge in [-0.3, -0.25) is 0 Å². The number of carbonyl (C=O) groups is 1. The molecule has 1 fully saturated rings. The quantitative estimate of drug-likeness (QED) is 0.466. The van der Waals surface area contributed by atoms with Gasteiger partial charge in [-0.2, -0.15) is 0 Å². The van der Waals surface area contributed by atoms with Gasteiger partial charge in [-0.05, 0) is 12.8 Å². The molecule has 1 saturated heterocycles. The highest BCUT2D eigenvalue weighted by Gasteiger charge is 2.18. The van der Waals surface area contributed by atoms with Crippen molar-refractivity contribution >= 4 is 5.97 Å². The van der Waals surface area contributed by atoms with Crippen LogP contribution in [0.3, 0.4) is 0 Å². The number of methoxy groups -OCH3 is 1. The minimum atomic E-state index is -0.255. The summed E-state index contributed by atoms with van der Waals surface area (Å²) in [5.74, 6) is 0.568. The highest BCUT2D eigenvalue weighted by Crippen LogP contribution is 2.22. The van der Waals surface area contributed by atoms with E-state index in [1.165, 1.54) is 7.11 Å². The first-order valence-electron chi connectivity index (χ1n) is 4.22. The van der Waals surface area contributed by atoms with E-state index in [9.17, 15) is 4.79 Å². The molecule has 0 N–H and O–H groups in total. The highest BCUT2D eigenvalue weighted by atomic mass is 16.5. The third kappa shape index (κ3) is 1.78. The summed E-state index contributed by atoms with van der Waals surface area (Å²) in [6, 6.07) is 0. The minimum Gasteiger partial charge on any atom is -0.497 e. The van der Waals surface area contributed by atoms with Gasteiger partial charge in [0.25, 0.3) is 0 Å². The Morgan fingerprint density at radius 2 is 2.42 bits per heavy atom. The molecule has 0 aromatic carbocycles. The Kier molecular flexibility index (Phi) is 3.14.